The van der Waals surface area contributed by atoms with Crippen LogP contribution in [0.2, 0.25) is 5.15 Å². The molecule has 0 spiro atoms. The summed E-state index contributed by atoms with van der Waals surface area (Å²) in [7, 11) is 0. The maximum atomic E-state index is 9.90. The molecule has 1 aromatic heterocycles. The first-order valence-electron chi connectivity index (χ1n) is 5.51. The topological polar surface area (TPSA) is 49.2 Å². The molecule has 0 saturated carbocycles. The highest BCUT2D eigenvalue weighted by Crippen LogP contribution is 2.26. The van der Waals surface area contributed by atoms with Crippen molar-refractivity contribution in [2.75, 3.05) is 18.0 Å². The molecule has 1 unspecified atom stereocenters. The van der Waals surface area contributed by atoms with Gasteiger partial charge in [-0.05, 0) is 13.3 Å². The van der Waals surface area contributed by atoms with E-state index < -0.39 is 5.60 Å². The second-order valence-electron chi connectivity index (χ2n) is 4.49. The first-order valence-corrected chi connectivity index (χ1v) is 5.89. The number of aryl methyl sites for hydroxylation is 1. The van der Waals surface area contributed by atoms with Gasteiger partial charge in [-0.3, -0.25) is 0 Å². The molecule has 0 radical (unpaired) electrons. The van der Waals surface area contributed by atoms with Crippen LogP contribution in [0.5, 0.6) is 0 Å². The SMILES string of the molecule is CCc1nc(Cl)cc(N2CCC(C)(O)C2)n1. The molecule has 0 amide bonds. The van der Waals surface area contributed by atoms with Crippen LogP contribution in [0.15, 0.2) is 6.07 Å². The second-order valence-corrected chi connectivity index (χ2v) is 4.87. The number of halogens is 1. The lowest BCUT2D eigenvalue weighted by Crippen LogP contribution is -2.30. The minimum atomic E-state index is -0.621. The number of rotatable bonds is 2. The Morgan fingerprint density at radius 3 is 2.88 bits per heavy atom. The predicted molar refractivity (Wildman–Crippen MR) is 63.9 cm³/mol. The Bertz CT molecular complexity index is 395. The third kappa shape index (κ3) is 2.44. The molecule has 88 valence electrons. The molecule has 0 aromatic carbocycles. The number of aliphatic hydroxyl groups is 1. The van der Waals surface area contributed by atoms with Gasteiger partial charge in [-0.15, -0.1) is 0 Å². The second kappa shape index (κ2) is 4.18. The highest BCUT2D eigenvalue weighted by molar-refractivity contribution is 6.29. The molecule has 1 aromatic rings. The van der Waals surface area contributed by atoms with Crippen molar-refractivity contribution in [3.63, 3.8) is 0 Å². The number of anilines is 1. The zero-order valence-electron chi connectivity index (χ0n) is 9.57. The molecule has 0 bridgehead atoms. The van der Waals surface area contributed by atoms with Crippen LogP contribution in [0, 0.1) is 0 Å². The minimum absolute atomic E-state index is 0.466. The van der Waals surface area contributed by atoms with E-state index in [2.05, 4.69) is 9.97 Å². The minimum Gasteiger partial charge on any atom is -0.388 e. The standard InChI is InChI=1S/C11H16ClN3O/c1-3-9-13-8(12)6-10(14-9)15-5-4-11(2,16)7-15/h6,16H,3-5,7H2,1-2H3. The van der Waals surface area contributed by atoms with Crippen molar-refractivity contribution in [1.82, 2.24) is 9.97 Å². The summed E-state index contributed by atoms with van der Waals surface area (Å²) in [6.45, 7) is 5.25. The molecule has 1 aliphatic heterocycles. The number of hydrogen-bond acceptors (Lipinski definition) is 4. The summed E-state index contributed by atoms with van der Waals surface area (Å²) in [5.74, 6) is 1.56. The Balaban J connectivity index is 2.24. The number of β-amino-alcohol motifs (C(OH)–C–C–N with tert-alkyl or cyclic N) is 1. The van der Waals surface area contributed by atoms with Crippen molar-refractivity contribution in [2.45, 2.75) is 32.3 Å². The van der Waals surface area contributed by atoms with Gasteiger partial charge in [0, 0.05) is 25.6 Å². The highest BCUT2D eigenvalue weighted by atomic mass is 35.5. The fourth-order valence-electron chi connectivity index (χ4n) is 1.91. The van der Waals surface area contributed by atoms with Crippen LogP contribution in [0.25, 0.3) is 0 Å². The van der Waals surface area contributed by atoms with Crippen LogP contribution in [0.3, 0.4) is 0 Å². The molecule has 2 rings (SSSR count). The Kier molecular flexibility index (Phi) is 3.04. The Morgan fingerprint density at radius 1 is 1.56 bits per heavy atom. The van der Waals surface area contributed by atoms with Gasteiger partial charge in [0.25, 0.3) is 0 Å². The van der Waals surface area contributed by atoms with E-state index in [1.54, 1.807) is 6.07 Å². The van der Waals surface area contributed by atoms with Crippen LogP contribution in [0.4, 0.5) is 5.82 Å². The summed E-state index contributed by atoms with van der Waals surface area (Å²) in [5.41, 5.74) is -0.621. The molecule has 1 saturated heterocycles. The first kappa shape index (κ1) is 11.6. The molecule has 0 aliphatic carbocycles. The zero-order valence-corrected chi connectivity index (χ0v) is 10.3. The van der Waals surface area contributed by atoms with Crippen LogP contribution < -0.4 is 4.90 Å². The van der Waals surface area contributed by atoms with Gasteiger partial charge in [-0.2, -0.15) is 0 Å². The maximum absolute atomic E-state index is 9.90. The predicted octanol–water partition coefficient (Wildman–Crippen LogP) is 1.65. The van der Waals surface area contributed by atoms with Crippen molar-refractivity contribution in [2.24, 2.45) is 0 Å². The van der Waals surface area contributed by atoms with E-state index in [4.69, 9.17) is 11.6 Å². The summed E-state index contributed by atoms with van der Waals surface area (Å²) in [6, 6.07) is 1.75. The van der Waals surface area contributed by atoms with Crippen LogP contribution in [-0.2, 0) is 6.42 Å². The van der Waals surface area contributed by atoms with Crippen LogP contribution >= 0.6 is 11.6 Å². The lowest BCUT2D eigenvalue weighted by Gasteiger charge is -2.20. The van der Waals surface area contributed by atoms with Gasteiger partial charge in [0.05, 0.1) is 5.60 Å². The van der Waals surface area contributed by atoms with Gasteiger partial charge in [0.1, 0.15) is 16.8 Å². The van der Waals surface area contributed by atoms with Crippen molar-refractivity contribution in [3.05, 3.63) is 17.0 Å². The van der Waals surface area contributed by atoms with E-state index in [1.165, 1.54) is 0 Å². The fraction of sp³-hybridized carbons (Fsp3) is 0.636. The number of aromatic nitrogens is 2. The Hall–Kier alpha value is -0.870. The van der Waals surface area contributed by atoms with E-state index in [-0.39, 0.29) is 0 Å². The first-order chi connectivity index (χ1) is 7.50. The number of hydrogen-bond donors (Lipinski definition) is 1. The average Bonchev–Trinajstić information content (AvgIpc) is 2.58. The van der Waals surface area contributed by atoms with Crippen LogP contribution in [-0.4, -0.2) is 33.8 Å². The molecule has 1 fully saturated rings. The lowest BCUT2D eigenvalue weighted by atomic mass is 10.1. The van der Waals surface area contributed by atoms with Gasteiger partial charge >= 0.3 is 0 Å². The van der Waals surface area contributed by atoms with Gasteiger partial charge in [0.2, 0.25) is 0 Å². The summed E-state index contributed by atoms with van der Waals surface area (Å²) in [6.07, 6.45) is 1.52. The highest BCUT2D eigenvalue weighted by Gasteiger charge is 2.32. The van der Waals surface area contributed by atoms with E-state index in [0.29, 0.717) is 11.7 Å². The summed E-state index contributed by atoms with van der Waals surface area (Å²) >= 11 is 5.94. The zero-order chi connectivity index (χ0) is 11.8. The molecular formula is C11H16ClN3O. The van der Waals surface area contributed by atoms with E-state index in [0.717, 1.165) is 31.0 Å². The Labute approximate surface area is 100 Å². The molecule has 1 atom stereocenters. The fourth-order valence-corrected chi connectivity index (χ4v) is 2.11. The van der Waals surface area contributed by atoms with Crippen molar-refractivity contribution >= 4 is 17.4 Å². The quantitative estimate of drug-likeness (QED) is 0.800. The largest absolute Gasteiger partial charge is 0.388 e. The Morgan fingerprint density at radius 2 is 2.31 bits per heavy atom. The van der Waals surface area contributed by atoms with Gasteiger partial charge in [-0.1, -0.05) is 18.5 Å². The van der Waals surface area contributed by atoms with E-state index in [1.807, 2.05) is 18.7 Å². The van der Waals surface area contributed by atoms with E-state index in [9.17, 15) is 5.11 Å². The summed E-state index contributed by atoms with van der Waals surface area (Å²) in [5, 5.41) is 10.4. The van der Waals surface area contributed by atoms with Crippen molar-refractivity contribution in [1.29, 1.82) is 0 Å². The molecule has 2 heterocycles. The normalized spacial score (nSPS) is 25.1. The summed E-state index contributed by atoms with van der Waals surface area (Å²) in [4.78, 5) is 10.6. The monoisotopic (exact) mass is 241 g/mol. The lowest BCUT2D eigenvalue weighted by molar-refractivity contribution is 0.0839. The van der Waals surface area contributed by atoms with E-state index >= 15 is 0 Å². The van der Waals surface area contributed by atoms with Crippen molar-refractivity contribution in [3.8, 4) is 0 Å². The van der Waals surface area contributed by atoms with Gasteiger partial charge < -0.3 is 10.0 Å². The molecule has 1 aliphatic rings. The number of nitrogens with zero attached hydrogens (tertiary/aromatic N) is 3. The molecular weight excluding hydrogens is 226 g/mol. The maximum Gasteiger partial charge on any atom is 0.134 e. The smallest absolute Gasteiger partial charge is 0.134 e. The van der Waals surface area contributed by atoms with Gasteiger partial charge in [-0.25, -0.2) is 9.97 Å². The third-order valence-electron chi connectivity index (χ3n) is 2.82. The van der Waals surface area contributed by atoms with Gasteiger partial charge in [0.15, 0.2) is 0 Å². The molecule has 16 heavy (non-hydrogen) atoms. The van der Waals surface area contributed by atoms with Crippen LogP contribution in [0.1, 0.15) is 26.1 Å². The molecule has 1 N–H and O–H groups in total. The third-order valence-corrected chi connectivity index (χ3v) is 3.01. The summed E-state index contributed by atoms with van der Waals surface area (Å²) < 4.78 is 0. The average molecular weight is 242 g/mol. The molecule has 4 nitrogen and oxygen atoms in total. The van der Waals surface area contributed by atoms with Crippen molar-refractivity contribution < 1.29 is 5.11 Å². The molecule has 5 heteroatoms.